The molecule has 0 bridgehead atoms. The largest absolute Gasteiger partial charge is 0.263 e. The van der Waals surface area contributed by atoms with Crippen molar-refractivity contribution in [2.45, 2.75) is 4.90 Å². The second kappa shape index (κ2) is 4.40. The van der Waals surface area contributed by atoms with Crippen molar-refractivity contribution >= 4 is 65.4 Å². The summed E-state index contributed by atoms with van der Waals surface area (Å²) in [5.74, 6) is 0. The van der Waals surface area contributed by atoms with E-state index in [-0.39, 0.29) is 31.3 Å². The van der Waals surface area contributed by atoms with Crippen molar-refractivity contribution in [2.24, 2.45) is 0 Å². The van der Waals surface area contributed by atoms with Crippen LogP contribution in [0.25, 0.3) is 10.9 Å². The number of benzene rings is 1. The first-order valence-electron chi connectivity index (χ1n) is 4.06. The second-order valence-corrected chi connectivity index (χ2v) is 6.69. The second-order valence-electron chi connectivity index (χ2n) is 3.02. The van der Waals surface area contributed by atoms with Gasteiger partial charge in [-0.25, -0.2) is 18.4 Å². The van der Waals surface area contributed by atoms with Crippen molar-refractivity contribution in [1.82, 2.24) is 9.97 Å². The topological polar surface area (TPSA) is 59.9 Å². The van der Waals surface area contributed by atoms with Gasteiger partial charge in [0.1, 0.15) is 10.0 Å². The van der Waals surface area contributed by atoms with Crippen molar-refractivity contribution in [3.05, 3.63) is 27.6 Å². The minimum absolute atomic E-state index is 0.00377. The molecular weight excluding hydrogens is 330 g/mol. The number of aromatic nitrogens is 2. The van der Waals surface area contributed by atoms with Gasteiger partial charge >= 0.3 is 0 Å². The first-order chi connectivity index (χ1) is 7.79. The summed E-state index contributed by atoms with van der Waals surface area (Å²) in [6, 6.07) is 2.60. The standard InChI is InChI=1S/C8H2Cl4N2O2S/c9-3-1-4-6(5(2-3)17(12,15)16)13-8(11)14-7(4)10/h1-2H. The zero-order chi connectivity index (χ0) is 12.8. The van der Waals surface area contributed by atoms with Gasteiger partial charge in [0.15, 0.2) is 0 Å². The van der Waals surface area contributed by atoms with E-state index in [2.05, 4.69) is 9.97 Å². The summed E-state index contributed by atoms with van der Waals surface area (Å²) >= 11 is 17.2. The number of rotatable bonds is 1. The van der Waals surface area contributed by atoms with Gasteiger partial charge in [-0.05, 0) is 23.7 Å². The lowest BCUT2D eigenvalue weighted by molar-refractivity contribution is 0.610. The number of halogens is 4. The normalized spacial score (nSPS) is 12.0. The molecule has 0 unspecified atom stereocenters. The van der Waals surface area contributed by atoms with Gasteiger partial charge in [0, 0.05) is 21.1 Å². The monoisotopic (exact) mass is 330 g/mol. The Balaban J connectivity index is 3.03. The van der Waals surface area contributed by atoms with E-state index >= 15 is 0 Å². The van der Waals surface area contributed by atoms with E-state index in [1.807, 2.05) is 0 Å². The van der Waals surface area contributed by atoms with Gasteiger partial charge < -0.3 is 0 Å². The van der Waals surface area contributed by atoms with Crippen molar-refractivity contribution < 1.29 is 8.42 Å². The number of fused-ring (bicyclic) bond motifs is 1. The molecule has 90 valence electrons. The van der Waals surface area contributed by atoms with Gasteiger partial charge in [-0.2, -0.15) is 0 Å². The van der Waals surface area contributed by atoms with Gasteiger partial charge in [0.05, 0.1) is 5.52 Å². The van der Waals surface area contributed by atoms with E-state index in [1.165, 1.54) is 12.1 Å². The molecule has 2 aromatic rings. The van der Waals surface area contributed by atoms with Crippen LogP contribution in [0.5, 0.6) is 0 Å². The lowest BCUT2D eigenvalue weighted by atomic mass is 10.2. The number of nitrogens with zero attached hydrogens (tertiary/aromatic N) is 2. The molecule has 0 aliphatic carbocycles. The predicted molar refractivity (Wildman–Crippen MR) is 67.6 cm³/mol. The molecule has 0 saturated heterocycles. The first kappa shape index (κ1) is 13.1. The quantitative estimate of drug-likeness (QED) is 0.455. The van der Waals surface area contributed by atoms with Crippen molar-refractivity contribution in [3.8, 4) is 0 Å². The van der Waals surface area contributed by atoms with Crippen LogP contribution in [0.4, 0.5) is 0 Å². The minimum atomic E-state index is -4.01. The van der Waals surface area contributed by atoms with Gasteiger partial charge in [-0.3, -0.25) is 0 Å². The highest BCUT2D eigenvalue weighted by molar-refractivity contribution is 8.14. The fourth-order valence-electron chi connectivity index (χ4n) is 1.29. The van der Waals surface area contributed by atoms with Gasteiger partial charge in [-0.15, -0.1) is 0 Å². The lowest BCUT2D eigenvalue weighted by Gasteiger charge is -2.05. The van der Waals surface area contributed by atoms with E-state index in [1.54, 1.807) is 0 Å². The molecule has 0 aliphatic heterocycles. The molecule has 0 fully saturated rings. The Hall–Kier alpha value is -0.330. The molecule has 0 N–H and O–H groups in total. The predicted octanol–water partition coefficient (Wildman–Crippen LogP) is 3.52. The molecule has 9 heteroatoms. The van der Waals surface area contributed by atoms with Crippen LogP contribution in [-0.4, -0.2) is 18.4 Å². The van der Waals surface area contributed by atoms with E-state index in [0.717, 1.165) is 0 Å². The zero-order valence-electron chi connectivity index (χ0n) is 7.79. The van der Waals surface area contributed by atoms with Crippen molar-refractivity contribution in [2.75, 3.05) is 0 Å². The summed E-state index contributed by atoms with van der Waals surface area (Å²) in [6.07, 6.45) is 0. The highest BCUT2D eigenvalue weighted by atomic mass is 35.7. The molecule has 0 amide bonds. The van der Waals surface area contributed by atoms with E-state index < -0.39 is 9.05 Å². The third-order valence-electron chi connectivity index (χ3n) is 1.92. The average molecular weight is 332 g/mol. The summed E-state index contributed by atoms with van der Waals surface area (Å²) in [4.78, 5) is 7.22. The van der Waals surface area contributed by atoms with Gasteiger partial charge in [0.25, 0.3) is 9.05 Å². The van der Waals surface area contributed by atoms with Crippen LogP contribution in [0.1, 0.15) is 0 Å². The van der Waals surface area contributed by atoms with Crippen molar-refractivity contribution in [1.29, 1.82) is 0 Å². The Bertz CT molecular complexity index is 717. The molecule has 1 heterocycles. The smallest absolute Gasteiger partial charge is 0.216 e. The Morgan fingerprint density at radius 3 is 2.29 bits per heavy atom. The van der Waals surface area contributed by atoms with Crippen LogP contribution < -0.4 is 0 Å². The van der Waals surface area contributed by atoms with Gasteiger partial charge in [0.2, 0.25) is 5.28 Å². The lowest BCUT2D eigenvalue weighted by Crippen LogP contribution is -1.96. The van der Waals surface area contributed by atoms with E-state index in [4.69, 9.17) is 45.5 Å². The van der Waals surface area contributed by atoms with Gasteiger partial charge in [-0.1, -0.05) is 23.2 Å². The molecule has 2 rings (SSSR count). The molecule has 0 aliphatic rings. The van der Waals surface area contributed by atoms with Crippen LogP contribution in [0, 0.1) is 0 Å². The molecular formula is C8H2Cl4N2O2S. The van der Waals surface area contributed by atoms with Crippen LogP contribution in [0.15, 0.2) is 17.0 Å². The fraction of sp³-hybridized carbons (Fsp3) is 0. The summed E-state index contributed by atoms with van der Waals surface area (Å²) in [6.45, 7) is 0. The first-order valence-corrected chi connectivity index (χ1v) is 7.50. The SMILES string of the molecule is O=S(=O)(Cl)c1cc(Cl)cc2c(Cl)nc(Cl)nc12. The average Bonchev–Trinajstić information content (AvgIpc) is 2.16. The summed E-state index contributed by atoms with van der Waals surface area (Å²) < 4.78 is 22.8. The highest BCUT2D eigenvalue weighted by Crippen LogP contribution is 2.32. The Morgan fingerprint density at radius 1 is 1.06 bits per heavy atom. The maximum absolute atomic E-state index is 11.4. The van der Waals surface area contributed by atoms with Crippen molar-refractivity contribution in [3.63, 3.8) is 0 Å². The van der Waals surface area contributed by atoms with Crippen LogP contribution in [-0.2, 0) is 9.05 Å². The van der Waals surface area contributed by atoms with Crippen LogP contribution >= 0.6 is 45.5 Å². The summed E-state index contributed by atoms with van der Waals surface area (Å²) in [5, 5.41) is 0.253. The van der Waals surface area contributed by atoms with Crippen LogP contribution in [0.2, 0.25) is 15.5 Å². The highest BCUT2D eigenvalue weighted by Gasteiger charge is 2.19. The molecule has 1 aromatic carbocycles. The number of hydrogen-bond donors (Lipinski definition) is 0. The maximum atomic E-state index is 11.4. The van der Waals surface area contributed by atoms with Crippen LogP contribution in [0.3, 0.4) is 0 Å². The number of hydrogen-bond acceptors (Lipinski definition) is 4. The third kappa shape index (κ3) is 2.58. The maximum Gasteiger partial charge on any atom is 0.263 e. The summed E-state index contributed by atoms with van der Waals surface area (Å²) in [5.41, 5.74) is 0.0365. The molecule has 0 saturated carbocycles. The summed E-state index contributed by atoms with van der Waals surface area (Å²) in [7, 11) is 1.28. The Morgan fingerprint density at radius 2 is 1.71 bits per heavy atom. The zero-order valence-corrected chi connectivity index (χ0v) is 11.6. The Labute approximate surface area is 116 Å². The molecule has 0 spiro atoms. The molecule has 0 atom stereocenters. The molecule has 0 radical (unpaired) electrons. The fourth-order valence-corrected chi connectivity index (χ4v) is 3.02. The Kier molecular flexibility index (Phi) is 3.40. The molecule has 17 heavy (non-hydrogen) atoms. The molecule has 4 nitrogen and oxygen atoms in total. The van der Waals surface area contributed by atoms with E-state index in [0.29, 0.717) is 0 Å². The van der Waals surface area contributed by atoms with E-state index in [9.17, 15) is 8.42 Å². The third-order valence-corrected chi connectivity index (χ3v) is 3.93. The molecule has 1 aromatic heterocycles. The minimum Gasteiger partial charge on any atom is -0.216 e.